The lowest BCUT2D eigenvalue weighted by Gasteiger charge is -2.33. The van der Waals surface area contributed by atoms with Gasteiger partial charge in [0.2, 0.25) is 11.8 Å². The second-order valence-electron chi connectivity index (χ2n) is 11.1. The number of nitrogens with one attached hydrogen (secondary N) is 1. The number of methoxy groups -OCH3 is 1. The minimum atomic E-state index is -4.18. The van der Waals surface area contributed by atoms with E-state index in [0.29, 0.717) is 22.0 Å². The molecule has 1 atom stereocenters. The molecule has 2 amide bonds. The number of sulfonamides is 1. The van der Waals surface area contributed by atoms with Crippen molar-refractivity contribution >= 4 is 39.1 Å². The van der Waals surface area contributed by atoms with E-state index in [1.54, 1.807) is 63.4 Å². The molecule has 4 rings (SSSR count). The Morgan fingerprint density at radius 2 is 1.70 bits per heavy atom. The molecule has 0 aromatic heterocycles. The number of carbonyl (C=O) groups excluding carboxylic acids is 2. The van der Waals surface area contributed by atoms with Crippen molar-refractivity contribution in [3.63, 3.8) is 0 Å². The summed E-state index contributed by atoms with van der Waals surface area (Å²) in [5, 5.41) is 3.46. The number of halogens is 1. The summed E-state index contributed by atoms with van der Waals surface area (Å²) in [6, 6.07) is 17.9. The average Bonchev–Trinajstić information content (AvgIpc) is 3.00. The van der Waals surface area contributed by atoms with Crippen LogP contribution in [0.2, 0.25) is 5.02 Å². The summed E-state index contributed by atoms with van der Waals surface area (Å²) < 4.78 is 34.6. The van der Waals surface area contributed by atoms with Crippen LogP contribution in [0.1, 0.15) is 55.7 Å². The summed E-state index contributed by atoms with van der Waals surface area (Å²) in [7, 11) is -2.63. The number of ether oxygens (including phenoxy) is 1. The molecule has 1 aliphatic carbocycles. The molecule has 3 aromatic carbocycles. The average molecular weight is 626 g/mol. The van der Waals surface area contributed by atoms with E-state index in [1.165, 1.54) is 17.0 Å². The lowest BCUT2D eigenvalue weighted by Crippen LogP contribution is -2.53. The van der Waals surface area contributed by atoms with Gasteiger partial charge >= 0.3 is 0 Å². The summed E-state index contributed by atoms with van der Waals surface area (Å²) in [6.07, 6.45) is 5.06. The van der Waals surface area contributed by atoms with E-state index in [0.717, 1.165) is 47.5 Å². The van der Waals surface area contributed by atoms with Crippen LogP contribution in [-0.4, -0.2) is 50.9 Å². The second kappa shape index (κ2) is 14.3. The number of hydrogen-bond acceptors (Lipinski definition) is 5. The van der Waals surface area contributed by atoms with Crippen LogP contribution in [0.5, 0.6) is 5.75 Å². The maximum atomic E-state index is 14.2. The molecule has 1 fully saturated rings. The minimum absolute atomic E-state index is 0.0488. The Bertz CT molecular complexity index is 1540. The van der Waals surface area contributed by atoms with Crippen molar-refractivity contribution in [3.8, 4) is 5.75 Å². The van der Waals surface area contributed by atoms with Crippen LogP contribution in [0.25, 0.3) is 0 Å². The molecule has 10 heteroatoms. The quantitative estimate of drug-likeness (QED) is 0.281. The van der Waals surface area contributed by atoms with Crippen molar-refractivity contribution in [1.82, 2.24) is 10.2 Å². The predicted molar refractivity (Wildman–Crippen MR) is 170 cm³/mol. The van der Waals surface area contributed by atoms with Gasteiger partial charge in [-0.3, -0.25) is 13.9 Å². The summed E-state index contributed by atoms with van der Waals surface area (Å²) >= 11 is 6.32. The number of hydrogen-bond donors (Lipinski definition) is 1. The molecule has 0 radical (unpaired) electrons. The van der Waals surface area contributed by atoms with Crippen LogP contribution < -0.4 is 14.4 Å². The smallest absolute Gasteiger partial charge is 0.264 e. The molecule has 0 heterocycles. The summed E-state index contributed by atoms with van der Waals surface area (Å²) in [4.78, 5) is 29.2. The summed E-state index contributed by atoms with van der Waals surface area (Å²) in [5.41, 5.74) is 2.58. The molecule has 0 spiro atoms. The van der Waals surface area contributed by atoms with E-state index in [9.17, 15) is 18.0 Å². The van der Waals surface area contributed by atoms with Gasteiger partial charge in [-0.25, -0.2) is 8.42 Å². The first kappa shape index (κ1) is 32.4. The lowest BCUT2D eigenvalue weighted by atomic mass is 9.95. The first-order valence-corrected chi connectivity index (χ1v) is 16.4. The summed E-state index contributed by atoms with van der Waals surface area (Å²) in [5.74, 6) is -0.179. The fourth-order valence-electron chi connectivity index (χ4n) is 5.32. The van der Waals surface area contributed by atoms with Gasteiger partial charge in [-0.1, -0.05) is 66.8 Å². The Balaban J connectivity index is 1.71. The largest absolute Gasteiger partial charge is 0.497 e. The Morgan fingerprint density at radius 3 is 2.37 bits per heavy atom. The van der Waals surface area contributed by atoms with E-state index in [1.807, 2.05) is 19.1 Å². The van der Waals surface area contributed by atoms with Gasteiger partial charge < -0.3 is 15.0 Å². The van der Waals surface area contributed by atoms with Crippen molar-refractivity contribution < 1.29 is 22.7 Å². The standard InChI is InChI=1S/C33H40ClN3O5S/c1-23-13-17-30(18-14-23)43(40,41)37(31-20-27(34)16-15-24(31)2)22-32(38)36(21-26-9-8-12-29(19-26)42-4)25(3)33(39)35-28-10-6-5-7-11-28/h8-9,12-20,25,28H,5-7,10-11,21-22H2,1-4H3,(H,35,39)/t25-/m0/s1. The summed E-state index contributed by atoms with van der Waals surface area (Å²) in [6.45, 7) is 4.88. The Morgan fingerprint density at radius 1 is 1.00 bits per heavy atom. The number of anilines is 1. The molecule has 230 valence electrons. The third kappa shape index (κ3) is 8.09. The number of rotatable bonds is 11. The van der Waals surface area contributed by atoms with Crippen molar-refractivity contribution in [2.45, 2.75) is 76.4 Å². The molecular weight excluding hydrogens is 586 g/mol. The van der Waals surface area contributed by atoms with E-state index < -0.39 is 28.5 Å². The molecule has 0 aliphatic heterocycles. The molecule has 43 heavy (non-hydrogen) atoms. The number of amides is 2. The van der Waals surface area contributed by atoms with Crippen molar-refractivity contribution in [1.29, 1.82) is 0 Å². The highest BCUT2D eigenvalue weighted by Gasteiger charge is 2.34. The Labute approximate surface area is 260 Å². The van der Waals surface area contributed by atoms with Gasteiger partial charge in [0.1, 0.15) is 18.3 Å². The monoisotopic (exact) mass is 625 g/mol. The van der Waals surface area contributed by atoms with E-state index in [4.69, 9.17) is 16.3 Å². The lowest BCUT2D eigenvalue weighted by molar-refractivity contribution is -0.139. The maximum Gasteiger partial charge on any atom is 0.264 e. The fraction of sp³-hybridized carbons (Fsp3) is 0.394. The molecule has 0 unspecified atom stereocenters. The zero-order valence-corrected chi connectivity index (χ0v) is 26.7. The topological polar surface area (TPSA) is 96.0 Å². The van der Waals surface area contributed by atoms with Gasteiger partial charge in [0, 0.05) is 17.6 Å². The zero-order chi connectivity index (χ0) is 31.1. The van der Waals surface area contributed by atoms with Crippen LogP contribution in [0, 0.1) is 13.8 Å². The minimum Gasteiger partial charge on any atom is -0.497 e. The molecule has 3 aromatic rings. The van der Waals surface area contributed by atoms with Gasteiger partial charge in [0.05, 0.1) is 17.7 Å². The van der Waals surface area contributed by atoms with Gasteiger partial charge in [-0.05, 0) is 81.1 Å². The highest BCUT2D eigenvalue weighted by Crippen LogP contribution is 2.30. The van der Waals surface area contributed by atoms with Gasteiger partial charge in [-0.2, -0.15) is 0 Å². The predicted octanol–water partition coefficient (Wildman–Crippen LogP) is 6.03. The SMILES string of the molecule is COc1cccc(CN(C(=O)CN(c2cc(Cl)ccc2C)S(=O)(=O)c2ccc(C)cc2)[C@@H](C)C(=O)NC2CCCCC2)c1. The first-order valence-electron chi connectivity index (χ1n) is 14.6. The van der Waals surface area contributed by atoms with Crippen LogP contribution in [0.3, 0.4) is 0 Å². The highest BCUT2D eigenvalue weighted by molar-refractivity contribution is 7.92. The maximum absolute atomic E-state index is 14.2. The normalized spacial score (nSPS) is 14.5. The van der Waals surface area contributed by atoms with E-state index >= 15 is 0 Å². The molecular formula is C33H40ClN3O5S. The molecule has 0 saturated heterocycles. The third-order valence-corrected chi connectivity index (χ3v) is 9.94. The number of nitrogens with zero attached hydrogens (tertiary/aromatic N) is 2. The van der Waals surface area contributed by atoms with Gasteiger partial charge in [0.25, 0.3) is 10.0 Å². The van der Waals surface area contributed by atoms with E-state index in [2.05, 4.69) is 5.32 Å². The Hall–Kier alpha value is -3.56. The van der Waals surface area contributed by atoms with E-state index in [-0.39, 0.29) is 23.4 Å². The molecule has 1 aliphatic rings. The van der Waals surface area contributed by atoms with Crippen LogP contribution in [0.15, 0.2) is 71.6 Å². The van der Waals surface area contributed by atoms with Crippen LogP contribution in [0.4, 0.5) is 5.69 Å². The molecule has 0 bridgehead atoms. The molecule has 8 nitrogen and oxygen atoms in total. The van der Waals surface area contributed by atoms with Crippen LogP contribution >= 0.6 is 11.6 Å². The Kier molecular flexibility index (Phi) is 10.7. The fourth-order valence-corrected chi connectivity index (χ4v) is 6.96. The highest BCUT2D eigenvalue weighted by atomic mass is 35.5. The van der Waals surface area contributed by atoms with Gasteiger partial charge in [0.15, 0.2) is 0 Å². The number of aryl methyl sites for hydroxylation is 2. The third-order valence-electron chi connectivity index (χ3n) is 7.93. The number of benzene rings is 3. The van der Waals surface area contributed by atoms with Crippen molar-refractivity contribution in [3.05, 3.63) is 88.4 Å². The van der Waals surface area contributed by atoms with Crippen molar-refractivity contribution in [2.75, 3.05) is 18.0 Å². The first-order chi connectivity index (χ1) is 20.5. The number of carbonyl (C=O) groups is 2. The second-order valence-corrected chi connectivity index (χ2v) is 13.4. The zero-order valence-electron chi connectivity index (χ0n) is 25.2. The molecule has 1 saturated carbocycles. The van der Waals surface area contributed by atoms with Crippen LogP contribution in [-0.2, 0) is 26.2 Å². The van der Waals surface area contributed by atoms with Crippen molar-refractivity contribution in [2.24, 2.45) is 0 Å². The van der Waals surface area contributed by atoms with Gasteiger partial charge in [-0.15, -0.1) is 0 Å². The molecule has 1 N–H and O–H groups in total.